The van der Waals surface area contributed by atoms with E-state index in [4.69, 9.17) is 33.2 Å². The molecule has 3 aliphatic carbocycles. The Kier molecular flexibility index (Phi) is 15.5. The van der Waals surface area contributed by atoms with Crippen molar-refractivity contribution in [2.24, 2.45) is 16.7 Å². The van der Waals surface area contributed by atoms with Crippen molar-refractivity contribution in [2.75, 3.05) is 13.2 Å². The molecule has 2 saturated heterocycles. The Hall–Kier alpha value is -5.12. The number of fused-ring (bicyclic) bond motifs is 5. The Morgan fingerprint density at radius 3 is 2.13 bits per heavy atom. The maximum Gasteiger partial charge on any atom is 0.338 e. The number of ketones is 1. The van der Waals surface area contributed by atoms with E-state index in [-0.39, 0.29) is 29.6 Å². The van der Waals surface area contributed by atoms with Crippen molar-refractivity contribution < 1.29 is 87.5 Å². The summed E-state index contributed by atoms with van der Waals surface area (Å²) in [5.41, 5.74) is -7.84. The zero-order valence-corrected chi connectivity index (χ0v) is 40.4. The van der Waals surface area contributed by atoms with Gasteiger partial charge < -0.3 is 64.0 Å². The summed E-state index contributed by atoms with van der Waals surface area (Å²) < 4.78 is 43.1. The standard InChI is InChI=1S/C51H65NO18/c1-8-9-12-21-35(56)52-37(29-17-13-10-14-18-29)39(58)46(62)67-32-23-51(63)44(69-45(61)30-19-15-11-16-20-30)42-49(7,43(60)41(66-27(3)53)36(26(32)2)48(51,5)6)33(22-34-50(42,25-65-34)70-28(4)54)68-47-40(59)38(57)31(55)24-64-47/h10-11,13-20,31-34,37-42,44,47,55,57-59,63H,8-9,12,21-25H2,1-7H3,(H,52,56). The first kappa shape index (κ1) is 52.7. The second kappa shape index (κ2) is 20.5. The van der Waals surface area contributed by atoms with Crippen LogP contribution in [0.4, 0.5) is 0 Å². The lowest BCUT2D eigenvalue weighted by molar-refractivity contribution is -0.366. The minimum atomic E-state index is -2.49. The van der Waals surface area contributed by atoms with Crippen molar-refractivity contribution >= 4 is 35.6 Å². The van der Waals surface area contributed by atoms with Crippen LogP contribution in [-0.4, -0.2) is 147 Å². The van der Waals surface area contributed by atoms with E-state index in [0.717, 1.165) is 26.7 Å². The number of hydrogen-bond donors (Lipinski definition) is 6. The first-order valence-corrected chi connectivity index (χ1v) is 23.8. The van der Waals surface area contributed by atoms with Gasteiger partial charge in [-0.3, -0.25) is 19.2 Å². The molecule has 0 radical (unpaired) electrons. The van der Waals surface area contributed by atoms with Crippen LogP contribution in [0.1, 0.15) is 109 Å². The SMILES string of the molecule is CCCCCC(=O)NC(c1ccccc1)C(O)C(=O)OC1CC2(O)C(OC(=O)c3ccccc3)C3C4(OC(C)=O)COC4CC(OC4OCC(O)C(O)C4O)C3(C)C(=O)C(OC(C)=O)C(=C1C)C2(C)C. The minimum Gasteiger partial charge on any atom is -0.456 e. The number of rotatable bonds is 15. The quantitative estimate of drug-likeness (QED) is 0.0647. The summed E-state index contributed by atoms with van der Waals surface area (Å²) in [4.78, 5) is 85.1. The van der Waals surface area contributed by atoms with Crippen LogP contribution in [-0.2, 0) is 57.1 Å². The van der Waals surface area contributed by atoms with Crippen LogP contribution in [0.2, 0.25) is 0 Å². The Morgan fingerprint density at radius 2 is 1.53 bits per heavy atom. The summed E-state index contributed by atoms with van der Waals surface area (Å²) in [5, 5.41) is 60.7. The van der Waals surface area contributed by atoms with Crippen molar-refractivity contribution in [2.45, 2.75) is 165 Å². The number of ether oxygens (including phenoxy) is 7. The number of amides is 1. The van der Waals surface area contributed by atoms with Gasteiger partial charge in [0.05, 0.1) is 42.3 Å². The number of aliphatic hydroxyl groups excluding tert-OH is 4. The molecule has 2 heterocycles. The van der Waals surface area contributed by atoms with Crippen molar-refractivity contribution in [1.29, 1.82) is 0 Å². The fourth-order valence-electron chi connectivity index (χ4n) is 11.4. The van der Waals surface area contributed by atoms with Crippen LogP contribution in [0.3, 0.4) is 0 Å². The molecule has 7 rings (SSSR count). The number of carbonyl (C=O) groups is 6. The molecule has 1 amide bonds. The molecule has 2 saturated carbocycles. The molecule has 5 aliphatic rings. The fraction of sp³-hybridized carbons (Fsp3) is 0.608. The molecule has 0 aromatic heterocycles. The van der Waals surface area contributed by atoms with E-state index in [2.05, 4.69) is 5.32 Å². The Morgan fingerprint density at radius 1 is 0.871 bits per heavy atom. The van der Waals surface area contributed by atoms with Crippen LogP contribution in [0.5, 0.6) is 0 Å². The number of benzene rings is 2. The van der Waals surface area contributed by atoms with Crippen LogP contribution in [0, 0.1) is 16.7 Å². The number of Topliss-reactive ketones (excluding diaryl/α,β-unsaturated/α-hetero) is 1. The third-order valence-corrected chi connectivity index (χ3v) is 15.2. The number of esters is 4. The minimum absolute atomic E-state index is 0.0205. The van der Waals surface area contributed by atoms with Crippen molar-refractivity contribution in [1.82, 2.24) is 5.32 Å². The predicted molar refractivity (Wildman–Crippen MR) is 243 cm³/mol. The molecule has 15 atom stereocenters. The largest absolute Gasteiger partial charge is 0.456 e. The highest BCUT2D eigenvalue weighted by Crippen LogP contribution is 2.65. The molecule has 15 unspecified atom stereocenters. The molecule has 19 heteroatoms. The van der Waals surface area contributed by atoms with E-state index >= 15 is 4.79 Å². The van der Waals surface area contributed by atoms with Gasteiger partial charge in [0.25, 0.3) is 0 Å². The summed E-state index contributed by atoms with van der Waals surface area (Å²) in [6.45, 7) is 9.29. The van der Waals surface area contributed by atoms with E-state index < -0.39 is 150 Å². The highest BCUT2D eigenvalue weighted by Gasteiger charge is 2.79. The van der Waals surface area contributed by atoms with E-state index in [9.17, 15) is 49.5 Å². The van der Waals surface area contributed by atoms with Gasteiger partial charge in [-0.15, -0.1) is 0 Å². The number of unbranched alkanes of at least 4 members (excludes halogenated alkanes) is 2. The number of aliphatic hydroxyl groups is 5. The third kappa shape index (κ3) is 9.42. The van der Waals surface area contributed by atoms with Gasteiger partial charge in [-0.1, -0.05) is 82.1 Å². The van der Waals surface area contributed by atoms with Crippen molar-refractivity contribution in [3.63, 3.8) is 0 Å². The van der Waals surface area contributed by atoms with Crippen molar-refractivity contribution in [3.8, 4) is 0 Å². The molecule has 382 valence electrons. The Balaban J connectivity index is 1.42. The lowest BCUT2D eigenvalue weighted by Crippen LogP contribution is -2.82. The maximum atomic E-state index is 16.2. The molecule has 2 aromatic carbocycles. The van der Waals surface area contributed by atoms with Crippen LogP contribution >= 0.6 is 0 Å². The molecule has 2 bridgehead atoms. The summed E-state index contributed by atoms with van der Waals surface area (Å²) in [5.74, 6) is -7.02. The first-order chi connectivity index (χ1) is 33.0. The molecule has 4 fully saturated rings. The van der Waals surface area contributed by atoms with Crippen LogP contribution in [0.25, 0.3) is 0 Å². The van der Waals surface area contributed by atoms with E-state index in [0.29, 0.717) is 12.0 Å². The summed E-state index contributed by atoms with van der Waals surface area (Å²) in [7, 11) is 0. The van der Waals surface area contributed by atoms with Gasteiger partial charge in [0, 0.05) is 38.5 Å². The van der Waals surface area contributed by atoms with Gasteiger partial charge in [-0.05, 0) is 49.1 Å². The Bertz CT molecular complexity index is 2320. The molecule has 70 heavy (non-hydrogen) atoms. The maximum absolute atomic E-state index is 16.2. The van der Waals surface area contributed by atoms with Crippen LogP contribution < -0.4 is 5.32 Å². The van der Waals surface area contributed by atoms with E-state index in [1.807, 2.05) is 6.92 Å². The normalized spacial score (nSPS) is 35.2. The smallest absolute Gasteiger partial charge is 0.338 e. The third-order valence-electron chi connectivity index (χ3n) is 15.2. The van der Waals surface area contributed by atoms with Gasteiger partial charge in [0.15, 0.2) is 29.9 Å². The average Bonchev–Trinajstić information content (AvgIpc) is 3.31. The zero-order chi connectivity index (χ0) is 51.1. The number of carbonyl (C=O) groups excluding carboxylic acids is 6. The highest BCUT2D eigenvalue weighted by atomic mass is 16.7. The molecular formula is C51H65NO18. The van der Waals surface area contributed by atoms with E-state index in [1.54, 1.807) is 48.5 Å². The van der Waals surface area contributed by atoms with Crippen LogP contribution in [0.15, 0.2) is 71.8 Å². The number of nitrogens with one attached hydrogen (secondary N) is 1. The molecule has 2 aromatic rings. The fourth-order valence-corrected chi connectivity index (χ4v) is 11.4. The van der Waals surface area contributed by atoms with Gasteiger partial charge in [0.1, 0.15) is 42.2 Å². The second-order valence-corrected chi connectivity index (χ2v) is 19.9. The summed E-state index contributed by atoms with van der Waals surface area (Å²) in [6.07, 6.45) is -15.4. The molecule has 19 nitrogen and oxygen atoms in total. The lowest BCUT2D eigenvalue weighted by Gasteiger charge is -2.68. The Labute approximate surface area is 405 Å². The van der Waals surface area contributed by atoms with Gasteiger partial charge in [-0.25, -0.2) is 9.59 Å². The highest BCUT2D eigenvalue weighted by molar-refractivity contribution is 5.95. The lowest BCUT2D eigenvalue weighted by atomic mass is 9.44. The topological polar surface area (TPSA) is 280 Å². The number of hydrogen-bond acceptors (Lipinski definition) is 18. The zero-order valence-electron chi connectivity index (χ0n) is 40.4. The molecule has 0 spiro atoms. The van der Waals surface area contributed by atoms with Gasteiger partial charge >= 0.3 is 23.9 Å². The summed E-state index contributed by atoms with van der Waals surface area (Å²) >= 11 is 0. The monoisotopic (exact) mass is 979 g/mol. The molecule has 6 N–H and O–H groups in total. The molecule has 2 aliphatic heterocycles. The predicted octanol–water partition coefficient (Wildman–Crippen LogP) is 2.47. The average molecular weight is 980 g/mol. The van der Waals surface area contributed by atoms with E-state index in [1.165, 1.54) is 39.8 Å². The first-order valence-electron chi connectivity index (χ1n) is 23.8. The molecular weight excluding hydrogens is 915 g/mol. The summed E-state index contributed by atoms with van der Waals surface area (Å²) in [6, 6.07) is 14.7. The second-order valence-electron chi connectivity index (χ2n) is 19.9. The van der Waals surface area contributed by atoms with Crippen molar-refractivity contribution in [3.05, 3.63) is 82.9 Å². The van der Waals surface area contributed by atoms with Gasteiger partial charge in [-0.2, -0.15) is 0 Å². The van der Waals surface area contributed by atoms with Gasteiger partial charge in [0.2, 0.25) is 5.91 Å².